The Bertz CT molecular complexity index is 405. The van der Waals surface area contributed by atoms with Gasteiger partial charge in [-0.25, -0.2) is 8.78 Å². The van der Waals surface area contributed by atoms with Gasteiger partial charge in [-0.05, 0) is 38.0 Å². The third kappa shape index (κ3) is 6.99. The van der Waals surface area contributed by atoms with Crippen molar-refractivity contribution in [3.8, 4) is 0 Å². The molecule has 0 atom stereocenters. The highest BCUT2D eigenvalue weighted by molar-refractivity contribution is 9.10. The minimum Gasteiger partial charge on any atom is -0.371 e. The molecule has 0 aliphatic carbocycles. The second-order valence-electron chi connectivity index (χ2n) is 5.44. The first-order valence-corrected chi connectivity index (χ1v) is 6.95. The lowest BCUT2D eigenvalue weighted by Gasteiger charge is -2.20. The van der Waals surface area contributed by atoms with Crippen molar-refractivity contribution in [3.05, 3.63) is 33.8 Å². The highest BCUT2D eigenvalue weighted by Crippen LogP contribution is 2.20. The Morgan fingerprint density at radius 2 is 2.00 bits per heavy atom. The van der Waals surface area contributed by atoms with E-state index < -0.39 is 13.0 Å². The van der Waals surface area contributed by atoms with E-state index in [0.717, 1.165) is 22.1 Å². The molecule has 0 aliphatic rings. The molecule has 1 N–H and O–H groups in total. The van der Waals surface area contributed by atoms with Crippen LogP contribution >= 0.6 is 15.9 Å². The van der Waals surface area contributed by atoms with Gasteiger partial charge in [0, 0.05) is 16.6 Å². The Labute approximate surface area is 121 Å². The zero-order valence-electron chi connectivity index (χ0n) is 11.5. The van der Waals surface area contributed by atoms with Gasteiger partial charge in [0.25, 0.3) is 6.43 Å². The number of nitrogens with one attached hydrogen (secondary N) is 1. The molecule has 0 radical (unpaired) electrons. The summed E-state index contributed by atoms with van der Waals surface area (Å²) in [6, 6.07) is 5.86. The van der Waals surface area contributed by atoms with E-state index in [1.54, 1.807) is 0 Å². The van der Waals surface area contributed by atoms with Crippen LogP contribution in [0.15, 0.2) is 22.7 Å². The molecule has 5 heteroatoms. The molecule has 0 fully saturated rings. The summed E-state index contributed by atoms with van der Waals surface area (Å²) in [7, 11) is 0. The maximum absolute atomic E-state index is 12.0. The number of hydrogen-bond donors (Lipinski definition) is 1. The zero-order valence-corrected chi connectivity index (χ0v) is 13.1. The van der Waals surface area contributed by atoms with Crippen LogP contribution in [0.4, 0.5) is 8.78 Å². The quantitative estimate of drug-likeness (QED) is 0.844. The van der Waals surface area contributed by atoms with Crippen LogP contribution in [-0.4, -0.2) is 18.6 Å². The average Bonchev–Trinajstić information content (AvgIpc) is 2.27. The summed E-state index contributed by atoms with van der Waals surface area (Å²) in [5.41, 5.74) is 2.07. The highest BCUT2D eigenvalue weighted by Gasteiger charge is 2.09. The SMILES string of the molecule is CC(C)(C)NCc1ccc(COCC(F)F)c(Br)c1. The van der Waals surface area contributed by atoms with Crippen molar-refractivity contribution in [3.63, 3.8) is 0 Å². The summed E-state index contributed by atoms with van der Waals surface area (Å²) >= 11 is 3.44. The topological polar surface area (TPSA) is 21.3 Å². The van der Waals surface area contributed by atoms with Gasteiger partial charge >= 0.3 is 0 Å². The number of rotatable bonds is 6. The molecule has 0 saturated carbocycles. The van der Waals surface area contributed by atoms with Crippen molar-refractivity contribution >= 4 is 15.9 Å². The Hall–Kier alpha value is -0.520. The number of halogens is 3. The molecular formula is C14H20BrF2NO. The monoisotopic (exact) mass is 335 g/mol. The normalized spacial score (nSPS) is 12.2. The molecule has 0 aromatic heterocycles. The smallest absolute Gasteiger partial charge is 0.261 e. The second-order valence-corrected chi connectivity index (χ2v) is 6.29. The van der Waals surface area contributed by atoms with E-state index in [1.165, 1.54) is 0 Å². The van der Waals surface area contributed by atoms with E-state index in [0.29, 0.717) is 0 Å². The molecule has 0 bridgehead atoms. The Morgan fingerprint density at radius 3 is 2.53 bits per heavy atom. The van der Waals surface area contributed by atoms with E-state index in [2.05, 4.69) is 42.0 Å². The maximum Gasteiger partial charge on any atom is 0.261 e. The lowest BCUT2D eigenvalue weighted by Crippen LogP contribution is -2.35. The molecule has 0 spiro atoms. The van der Waals surface area contributed by atoms with E-state index in [4.69, 9.17) is 4.74 Å². The van der Waals surface area contributed by atoms with Gasteiger partial charge < -0.3 is 10.1 Å². The zero-order chi connectivity index (χ0) is 14.5. The van der Waals surface area contributed by atoms with Crippen LogP contribution in [0.2, 0.25) is 0 Å². The van der Waals surface area contributed by atoms with E-state index in [-0.39, 0.29) is 12.1 Å². The van der Waals surface area contributed by atoms with Crippen LogP contribution in [0.25, 0.3) is 0 Å². The Morgan fingerprint density at radius 1 is 1.32 bits per heavy atom. The molecule has 0 heterocycles. The van der Waals surface area contributed by atoms with Gasteiger partial charge in [-0.15, -0.1) is 0 Å². The largest absolute Gasteiger partial charge is 0.371 e. The average molecular weight is 336 g/mol. The fourth-order valence-electron chi connectivity index (χ4n) is 1.44. The van der Waals surface area contributed by atoms with E-state index >= 15 is 0 Å². The lowest BCUT2D eigenvalue weighted by atomic mass is 10.1. The van der Waals surface area contributed by atoms with Crippen molar-refractivity contribution in [1.29, 1.82) is 0 Å². The summed E-state index contributed by atoms with van der Waals surface area (Å²) in [5.74, 6) is 0. The summed E-state index contributed by atoms with van der Waals surface area (Å²) in [6.07, 6.45) is -2.42. The standard InChI is InChI=1S/C14H20BrF2NO/c1-14(2,3)18-7-10-4-5-11(12(15)6-10)8-19-9-13(16)17/h4-6,13,18H,7-9H2,1-3H3. The third-order valence-electron chi connectivity index (χ3n) is 2.44. The number of ether oxygens (including phenoxy) is 1. The first kappa shape index (κ1) is 16.5. The van der Waals surface area contributed by atoms with E-state index in [9.17, 15) is 8.78 Å². The van der Waals surface area contributed by atoms with Crippen molar-refractivity contribution in [2.24, 2.45) is 0 Å². The Balaban J connectivity index is 2.54. The number of benzene rings is 1. The maximum atomic E-state index is 12.0. The van der Waals surface area contributed by atoms with Gasteiger partial charge in [-0.1, -0.05) is 28.1 Å². The third-order valence-corrected chi connectivity index (χ3v) is 3.18. The highest BCUT2D eigenvalue weighted by atomic mass is 79.9. The molecule has 0 amide bonds. The molecule has 1 aromatic carbocycles. The van der Waals surface area contributed by atoms with E-state index in [1.807, 2.05) is 18.2 Å². The van der Waals surface area contributed by atoms with Crippen molar-refractivity contribution in [2.75, 3.05) is 6.61 Å². The van der Waals surface area contributed by atoms with Crippen LogP contribution in [0.5, 0.6) is 0 Å². The van der Waals surface area contributed by atoms with Crippen LogP contribution in [0, 0.1) is 0 Å². The van der Waals surface area contributed by atoms with Crippen molar-refractivity contribution < 1.29 is 13.5 Å². The van der Waals surface area contributed by atoms with Crippen LogP contribution < -0.4 is 5.32 Å². The van der Waals surface area contributed by atoms with Gasteiger partial charge in [-0.2, -0.15) is 0 Å². The number of hydrogen-bond acceptors (Lipinski definition) is 2. The van der Waals surface area contributed by atoms with Crippen molar-refractivity contribution in [1.82, 2.24) is 5.32 Å². The van der Waals surface area contributed by atoms with Crippen molar-refractivity contribution in [2.45, 2.75) is 45.9 Å². The van der Waals surface area contributed by atoms with Crippen LogP contribution in [0.3, 0.4) is 0 Å². The van der Waals surface area contributed by atoms with Crippen LogP contribution in [-0.2, 0) is 17.9 Å². The predicted octanol–water partition coefficient (Wildman–Crippen LogP) is 4.12. The first-order valence-electron chi connectivity index (χ1n) is 6.16. The molecule has 2 nitrogen and oxygen atoms in total. The fraction of sp³-hybridized carbons (Fsp3) is 0.571. The summed E-state index contributed by atoms with van der Waals surface area (Å²) in [6.45, 7) is 6.75. The summed E-state index contributed by atoms with van der Waals surface area (Å²) in [4.78, 5) is 0. The minimum atomic E-state index is -2.42. The molecule has 1 rings (SSSR count). The molecule has 108 valence electrons. The fourth-order valence-corrected chi connectivity index (χ4v) is 1.98. The minimum absolute atomic E-state index is 0.0610. The molecule has 0 unspecified atom stereocenters. The van der Waals surface area contributed by atoms with Gasteiger partial charge in [0.1, 0.15) is 6.61 Å². The molecular weight excluding hydrogens is 316 g/mol. The molecule has 0 saturated heterocycles. The van der Waals surface area contributed by atoms with Gasteiger partial charge in [0.15, 0.2) is 0 Å². The predicted molar refractivity (Wildman–Crippen MR) is 76.4 cm³/mol. The number of alkyl halides is 2. The van der Waals surface area contributed by atoms with Gasteiger partial charge in [-0.3, -0.25) is 0 Å². The molecule has 0 aliphatic heterocycles. The Kier molecular flexibility index (Phi) is 6.36. The summed E-state index contributed by atoms with van der Waals surface area (Å²) in [5, 5.41) is 3.39. The molecule has 1 aromatic rings. The molecule has 19 heavy (non-hydrogen) atoms. The van der Waals surface area contributed by atoms with Gasteiger partial charge in [0.2, 0.25) is 0 Å². The summed E-state index contributed by atoms with van der Waals surface area (Å²) < 4.78 is 29.7. The lowest BCUT2D eigenvalue weighted by molar-refractivity contribution is 0.00970. The second kappa shape index (κ2) is 7.31. The first-order chi connectivity index (χ1) is 8.78. The van der Waals surface area contributed by atoms with Gasteiger partial charge in [0.05, 0.1) is 6.61 Å². The van der Waals surface area contributed by atoms with Crippen LogP contribution in [0.1, 0.15) is 31.9 Å².